The van der Waals surface area contributed by atoms with Crippen LogP contribution in [0.25, 0.3) is 0 Å². The number of amides is 1. The minimum Gasteiger partial charge on any atom is -0.495 e. The molecule has 0 radical (unpaired) electrons. The lowest BCUT2D eigenvalue weighted by Gasteiger charge is -2.20. The van der Waals surface area contributed by atoms with Crippen LogP contribution in [0.1, 0.15) is 29.8 Å². The molecule has 0 aliphatic rings. The van der Waals surface area contributed by atoms with E-state index >= 15 is 0 Å². The predicted octanol–water partition coefficient (Wildman–Crippen LogP) is 3.31. The molecule has 8 nitrogen and oxygen atoms in total. The third-order valence-electron chi connectivity index (χ3n) is 4.89. The summed E-state index contributed by atoms with van der Waals surface area (Å²) in [6.45, 7) is 1.19. The van der Waals surface area contributed by atoms with Gasteiger partial charge in [0.05, 0.1) is 14.2 Å². The van der Waals surface area contributed by atoms with Gasteiger partial charge in [-0.25, -0.2) is 8.42 Å². The Balaban J connectivity index is 2.15. The molecule has 0 fully saturated rings. The second-order valence-electron chi connectivity index (χ2n) is 6.82. The number of rotatable bonds is 12. The number of alkyl halides is 2. The molecule has 0 atom stereocenters. The van der Waals surface area contributed by atoms with Crippen molar-refractivity contribution in [3.8, 4) is 17.2 Å². The van der Waals surface area contributed by atoms with Crippen molar-refractivity contribution < 1.29 is 36.2 Å². The van der Waals surface area contributed by atoms with Crippen molar-refractivity contribution in [2.24, 2.45) is 0 Å². The third kappa shape index (κ3) is 6.55. The van der Waals surface area contributed by atoms with E-state index in [9.17, 15) is 22.0 Å². The zero-order valence-corrected chi connectivity index (χ0v) is 19.7. The normalized spacial score (nSPS) is 11.5. The fourth-order valence-corrected chi connectivity index (χ4v) is 4.85. The van der Waals surface area contributed by atoms with Crippen LogP contribution in [0.2, 0.25) is 0 Å². The van der Waals surface area contributed by atoms with Gasteiger partial charge in [0, 0.05) is 25.2 Å². The number of halogens is 2. The van der Waals surface area contributed by atoms with Gasteiger partial charge in [-0.3, -0.25) is 4.79 Å². The lowest BCUT2D eigenvalue weighted by molar-refractivity contribution is -0.0512. The van der Waals surface area contributed by atoms with Crippen molar-refractivity contribution in [3.63, 3.8) is 0 Å². The molecule has 2 rings (SSSR count). The number of hydrogen-bond acceptors (Lipinski definition) is 6. The second kappa shape index (κ2) is 11.8. The SMILES string of the molecule is CCN(CC)S(=O)(=O)c1cc(C(=O)NCCc2ccc(OC)c(OC(F)F)c2)ccc1OC. The van der Waals surface area contributed by atoms with E-state index in [1.54, 1.807) is 19.9 Å². The number of nitrogens with zero attached hydrogens (tertiary/aromatic N) is 1. The first-order chi connectivity index (χ1) is 15.7. The molecule has 0 saturated carbocycles. The van der Waals surface area contributed by atoms with Crippen LogP contribution < -0.4 is 19.5 Å². The van der Waals surface area contributed by atoms with Gasteiger partial charge in [0.25, 0.3) is 5.91 Å². The highest BCUT2D eigenvalue weighted by Gasteiger charge is 2.26. The van der Waals surface area contributed by atoms with Crippen LogP contribution in [0.15, 0.2) is 41.3 Å². The predicted molar refractivity (Wildman–Crippen MR) is 119 cm³/mol. The zero-order valence-electron chi connectivity index (χ0n) is 18.9. The van der Waals surface area contributed by atoms with Crippen LogP contribution >= 0.6 is 0 Å². The summed E-state index contributed by atoms with van der Waals surface area (Å²) in [5.74, 6) is -0.268. The van der Waals surface area contributed by atoms with Crippen molar-refractivity contribution in [1.29, 1.82) is 0 Å². The number of carbonyl (C=O) groups excluding carboxylic acids is 1. The van der Waals surface area contributed by atoms with Gasteiger partial charge < -0.3 is 19.5 Å². The first kappa shape index (κ1) is 26.3. The summed E-state index contributed by atoms with van der Waals surface area (Å²) >= 11 is 0. The summed E-state index contributed by atoms with van der Waals surface area (Å²) < 4.78 is 67.0. The zero-order chi connectivity index (χ0) is 24.6. The molecule has 182 valence electrons. The summed E-state index contributed by atoms with van der Waals surface area (Å²) in [4.78, 5) is 12.5. The van der Waals surface area contributed by atoms with Gasteiger partial charge in [-0.05, 0) is 42.3 Å². The molecule has 33 heavy (non-hydrogen) atoms. The van der Waals surface area contributed by atoms with E-state index in [-0.39, 0.29) is 47.3 Å². The lowest BCUT2D eigenvalue weighted by Crippen LogP contribution is -2.31. The average molecular weight is 487 g/mol. The van der Waals surface area contributed by atoms with Crippen molar-refractivity contribution in [2.75, 3.05) is 33.9 Å². The number of sulfonamides is 1. The summed E-state index contributed by atoms with van der Waals surface area (Å²) in [5, 5.41) is 2.70. The molecule has 2 aromatic carbocycles. The highest BCUT2D eigenvalue weighted by Crippen LogP contribution is 2.30. The highest BCUT2D eigenvalue weighted by molar-refractivity contribution is 7.89. The van der Waals surface area contributed by atoms with Crippen LogP contribution in [0.4, 0.5) is 8.78 Å². The molecule has 0 saturated heterocycles. The Kier molecular flexibility index (Phi) is 9.42. The number of benzene rings is 2. The maximum atomic E-state index is 12.9. The Bertz CT molecular complexity index is 1060. The van der Waals surface area contributed by atoms with Crippen LogP contribution in [-0.2, 0) is 16.4 Å². The van der Waals surface area contributed by atoms with Crippen LogP contribution in [0, 0.1) is 0 Å². The van der Waals surface area contributed by atoms with Crippen molar-refractivity contribution in [1.82, 2.24) is 9.62 Å². The fraction of sp³-hybridized carbons (Fsp3) is 0.409. The summed E-state index contributed by atoms with van der Waals surface area (Å²) in [7, 11) is -1.14. The molecular weight excluding hydrogens is 458 g/mol. The Morgan fingerprint density at radius 3 is 2.21 bits per heavy atom. The Morgan fingerprint density at radius 2 is 1.64 bits per heavy atom. The largest absolute Gasteiger partial charge is 0.495 e. The smallest absolute Gasteiger partial charge is 0.387 e. The van der Waals surface area contributed by atoms with Gasteiger partial charge in [0.2, 0.25) is 10.0 Å². The van der Waals surface area contributed by atoms with E-state index in [1.165, 1.54) is 48.9 Å². The number of hydrogen-bond donors (Lipinski definition) is 1. The van der Waals surface area contributed by atoms with Crippen LogP contribution in [0.3, 0.4) is 0 Å². The molecule has 0 spiro atoms. The van der Waals surface area contributed by atoms with E-state index in [0.717, 1.165) is 0 Å². The van der Waals surface area contributed by atoms with Crippen LogP contribution in [0.5, 0.6) is 17.2 Å². The number of carbonyl (C=O) groups is 1. The van der Waals surface area contributed by atoms with E-state index in [1.807, 2.05) is 0 Å². The fourth-order valence-electron chi connectivity index (χ4n) is 3.21. The number of ether oxygens (including phenoxy) is 3. The standard InChI is InChI=1S/C22H28F2N2O6S/c1-5-26(6-2)33(28,29)20-14-16(8-10-18(20)31-4)21(27)25-12-11-15-7-9-17(30-3)19(13-15)32-22(23)24/h7-10,13-14,22H,5-6,11-12H2,1-4H3,(H,25,27). The monoisotopic (exact) mass is 486 g/mol. The highest BCUT2D eigenvalue weighted by atomic mass is 32.2. The topological polar surface area (TPSA) is 94.2 Å². The molecule has 0 heterocycles. The Hall–Kier alpha value is -2.92. The molecule has 0 aliphatic heterocycles. The third-order valence-corrected chi connectivity index (χ3v) is 6.96. The van der Waals surface area contributed by atoms with E-state index in [2.05, 4.69) is 10.1 Å². The lowest BCUT2D eigenvalue weighted by atomic mass is 10.1. The van der Waals surface area contributed by atoms with Gasteiger partial charge in [-0.1, -0.05) is 19.9 Å². The van der Waals surface area contributed by atoms with Crippen LogP contribution in [-0.4, -0.2) is 59.1 Å². The van der Waals surface area contributed by atoms with Gasteiger partial charge in [0.1, 0.15) is 10.6 Å². The van der Waals surface area contributed by atoms with Crippen molar-refractivity contribution >= 4 is 15.9 Å². The molecule has 11 heteroatoms. The maximum absolute atomic E-state index is 12.9. The molecule has 1 amide bonds. The molecule has 1 N–H and O–H groups in total. The Morgan fingerprint density at radius 1 is 1.00 bits per heavy atom. The average Bonchev–Trinajstić information content (AvgIpc) is 2.79. The first-order valence-corrected chi connectivity index (χ1v) is 11.7. The van der Waals surface area contributed by atoms with Crippen molar-refractivity contribution in [2.45, 2.75) is 31.8 Å². The van der Waals surface area contributed by atoms with Gasteiger partial charge >= 0.3 is 6.61 Å². The maximum Gasteiger partial charge on any atom is 0.387 e. The molecule has 0 aromatic heterocycles. The summed E-state index contributed by atoms with van der Waals surface area (Å²) in [6, 6.07) is 8.78. The molecule has 0 bridgehead atoms. The first-order valence-electron chi connectivity index (χ1n) is 10.3. The van der Waals surface area contributed by atoms with Gasteiger partial charge in [0.15, 0.2) is 11.5 Å². The summed E-state index contributed by atoms with van der Waals surface area (Å²) in [5.41, 5.74) is 0.796. The minimum atomic E-state index is -3.84. The van der Waals surface area contributed by atoms with E-state index in [0.29, 0.717) is 12.0 Å². The van der Waals surface area contributed by atoms with E-state index < -0.39 is 22.5 Å². The Labute approximate surface area is 192 Å². The molecule has 2 aromatic rings. The molecule has 0 aliphatic carbocycles. The van der Waals surface area contributed by atoms with E-state index in [4.69, 9.17) is 9.47 Å². The minimum absolute atomic E-state index is 0.0923. The number of methoxy groups -OCH3 is 2. The van der Waals surface area contributed by atoms with Crippen molar-refractivity contribution in [3.05, 3.63) is 47.5 Å². The van der Waals surface area contributed by atoms with Gasteiger partial charge in [-0.2, -0.15) is 13.1 Å². The number of nitrogens with one attached hydrogen (secondary N) is 1. The molecule has 0 unspecified atom stereocenters. The van der Waals surface area contributed by atoms with Gasteiger partial charge in [-0.15, -0.1) is 0 Å². The quantitative estimate of drug-likeness (QED) is 0.495. The second-order valence-corrected chi connectivity index (χ2v) is 8.73. The molecular formula is C22H28F2N2O6S. The summed E-state index contributed by atoms with van der Waals surface area (Å²) in [6.07, 6.45) is 0.329.